The van der Waals surface area contributed by atoms with E-state index in [1.54, 1.807) is 37.6 Å². The number of methoxy groups -OCH3 is 1. The fourth-order valence-electron chi connectivity index (χ4n) is 3.34. The SMILES string of the molecule is COc1ccc2nc(N(/N=C/c3ccco3)C(=O)c3ccc(-c4ccccc4)cc3)sc2c1. The van der Waals surface area contributed by atoms with E-state index in [0.717, 1.165) is 27.1 Å². The third kappa shape index (κ3) is 4.40. The van der Waals surface area contributed by atoms with Crippen LogP contribution in [0.3, 0.4) is 0 Å². The maximum atomic E-state index is 13.5. The first-order valence-electron chi connectivity index (χ1n) is 10.2. The Labute approximate surface area is 194 Å². The summed E-state index contributed by atoms with van der Waals surface area (Å²) in [6.45, 7) is 0. The van der Waals surface area contributed by atoms with E-state index in [1.165, 1.54) is 22.6 Å². The second-order valence-corrected chi connectivity index (χ2v) is 8.16. The Morgan fingerprint density at radius 3 is 2.52 bits per heavy atom. The lowest BCUT2D eigenvalue weighted by atomic mass is 10.0. The number of fused-ring (bicyclic) bond motifs is 1. The Kier molecular flexibility index (Phi) is 5.70. The molecule has 0 fully saturated rings. The van der Waals surface area contributed by atoms with E-state index >= 15 is 0 Å². The lowest BCUT2D eigenvalue weighted by Crippen LogP contribution is -2.25. The summed E-state index contributed by atoms with van der Waals surface area (Å²) < 4.78 is 11.5. The van der Waals surface area contributed by atoms with E-state index in [0.29, 0.717) is 16.5 Å². The predicted octanol–water partition coefficient (Wildman–Crippen LogP) is 6.25. The highest BCUT2D eigenvalue weighted by Crippen LogP contribution is 2.32. The van der Waals surface area contributed by atoms with Gasteiger partial charge in [0.25, 0.3) is 5.91 Å². The fourth-order valence-corrected chi connectivity index (χ4v) is 4.29. The normalized spacial score (nSPS) is 11.2. The average molecular weight is 454 g/mol. The number of carbonyl (C=O) groups is 1. The topological polar surface area (TPSA) is 67.9 Å². The van der Waals surface area contributed by atoms with Crippen LogP contribution in [0.25, 0.3) is 21.3 Å². The van der Waals surface area contributed by atoms with Crippen LogP contribution in [0.2, 0.25) is 0 Å². The van der Waals surface area contributed by atoms with E-state index in [1.807, 2.05) is 60.7 Å². The zero-order chi connectivity index (χ0) is 22.6. The van der Waals surface area contributed by atoms with Gasteiger partial charge in [-0.05, 0) is 53.6 Å². The molecule has 0 saturated carbocycles. The Balaban J connectivity index is 1.50. The van der Waals surface area contributed by atoms with Crippen molar-refractivity contribution in [2.75, 3.05) is 12.1 Å². The van der Waals surface area contributed by atoms with Crippen LogP contribution in [0.4, 0.5) is 5.13 Å². The smallest absolute Gasteiger partial charge is 0.280 e. The Bertz CT molecular complexity index is 1410. The van der Waals surface area contributed by atoms with Gasteiger partial charge in [-0.1, -0.05) is 53.8 Å². The number of furan rings is 1. The number of hydrogen-bond acceptors (Lipinski definition) is 6. The van der Waals surface area contributed by atoms with E-state index in [2.05, 4.69) is 10.1 Å². The molecule has 33 heavy (non-hydrogen) atoms. The summed E-state index contributed by atoms with van der Waals surface area (Å²) in [5.74, 6) is 0.976. The summed E-state index contributed by atoms with van der Waals surface area (Å²) >= 11 is 1.36. The summed E-state index contributed by atoms with van der Waals surface area (Å²) in [6.07, 6.45) is 3.06. The fraction of sp³-hybridized carbons (Fsp3) is 0.0385. The lowest BCUT2D eigenvalue weighted by Gasteiger charge is -2.14. The highest BCUT2D eigenvalue weighted by molar-refractivity contribution is 7.22. The van der Waals surface area contributed by atoms with Crippen molar-refractivity contribution in [3.63, 3.8) is 0 Å². The van der Waals surface area contributed by atoms with Crippen molar-refractivity contribution in [1.29, 1.82) is 0 Å². The van der Waals surface area contributed by atoms with Gasteiger partial charge < -0.3 is 9.15 Å². The Hall–Kier alpha value is -4.23. The van der Waals surface area contributed by atoms with Crippen LogP contribution in [0.5, 0.6) is 5.75 Å². The molecule has 0 spiro atoms. The lowest BCUT2D eigenvalue weighted by molar-refractivity contribution is 0.0988. The first-order valence-corrected chi connectivity index (χ1v) is 11.0. The quantitative estimate of drug-likeness (QED) is 0.225. The maximum Gasteiger partial charge on any atom is 0.280 e. The van der Waals surface area contributed by atoms with Gasteiger partial charge in [0, 0.05) is 5.56 Å². The van der Waals surface area contributed by atoms with Gasteiger partial charge in [0.1, 0.15) is 11.5 Å². The standard InChI is InChI=1S/C26H19N3O3S/c1-31-21-13-14-23-24(16-21)33-26(28-23)29(27-17-22-8-5-15-32-22)25(30)20-11-9-19(10-12-20)18-6-3-2-4-7-18/h2-17H,1H3/b27-17+. The van der Waals surface area contributed by atoms with Crippen molar-refractivity contribution in [2.45, 2.75) is 0 Å². The molecule has 0 saturated heterocycles. The molecule has 2 heterocycles. The predicted molar refractivity (Wildman–Crippen MR) is 131 cm³/mol. The molecule has 162 valence electrons. The van der Waals surface area contributed by atoms with Gasteiger partial charge in [0.2, 0.25) is 5.13 Å². The number of nitrogens with zero attached hydrogens (tertiary/aromatic N) is 3. The van der Waals surface area contributed by atoms with Gasteiger partial charge in [-0.3, -0.25) is 4.79 Å². The molecule has 2 aromatic heterocycles. The minimum Gasteiger partial charge on any atom is -0.497 e. The second-order valence-electron chi connectivity index (χ2n) is 7.15. The van der Waals surface area contributed by atoms with Crippen LogP contribution in [0.1, 0.15) is 16.1 Å². The van der Waals surface area contributed by atoms with Crippen LogP contribution < -0.4 is 9.75 Å². The molecule has 0 N–H and O–H groups in total. The number of hydrazone groups is 1. The summed E-state index contributed by atoms with van der Waals surface area (Å²) in [5.41, 5.74) is 3.39. The molecule has 0 radical (unpaired) electrons. The number of anilines is 1. The number of rotatable bonds is 6. The first-order chi connectivity index (χ1) is 16.2. The van der Waals surface area contributed by atoms with Gasteiger partial charge in [-0.15, -0.1) is 0 Å². The molecule has 3 aromatic carbocycles. The van der Waals surface area contributed by atoms with E-state index in [-0.39, 0.29) is 5.91 Å². The summed E-state index contributed by atoms with van der Waals surface area (Å²) in [4.78, 5) is 18.1. The number of aromatic nitrogens is 1. The summed E-state index contributed by atoms with van der Waals surface area (Å²) in [7, 11) is 1.62. The van der Waals surface area contributed by atoms with E-state index in [9.17, 15) is 4.79 Å². The van der Waals surface area contributed by atoms with Crippen molar-refractivity contribution in [1.82, 2.24) is 4.98 Å². The van der Waals surface area contributed by atoms with Crippen LogP contribution in [0, 0.1) is 0 Å². The average Bonchev–Trinajstić information content (AvgIpc) is 3.54. The summed E-state index contributed by atoms with van der Waals surface area (Å²) in [6, 6.07) is 26.6. The van der Waals surface area contributed by atoms with Gasteiger partial charge in [-0.25, -0.2) is 4.98 Å². The number of carbonyl (C=O) groups excluding carboxylic acids is 1. The monoisotopic (exact) mass is 453 g/mol. The highest BCUT2D eigenvalue weighted by Gasteiger charge is 2.21. The van der Waals surface area contributed by atoms with Crippen molar-refractivity contribution in [3.8, 4) is 16.9 Å². The Morgan fingerprint density at radius 1 is 1.00 bits per heavy atom. The van der Waals surface area contributed by atoms with Crippen molar-refractivity contribution >= 4 is 38.8 Å². The van der Waals surface area contributed by atoms with E-state index < -0.39 is 0 Å². The van der Waals surface area contributed by atoms with E-state index in [4.69, 9.17) is 9.15 Å². The zero-order valence-electron chi connectivity index (χ0n) is 17.7. The zero-order valence-corrected chi connectivity index (χ0v) is 18.5. The number of amides is 1. The Morgan fingerprint density at radius 2 is 1.79 bits per heavy atom. The maximum absolute atomic E-state index is 13.5. The summed E-state index contributed by atoms with van der Waals surface area (Å²) in [5, 5.41) is 6.17. The molecular formula is C26H19N3O3S. The molecule has 0 aliphatic heterocycles. The first kappa shape index (κ1) is 20.7. The van der Waals surface area contributed by atoms with Crippen LogP contribution in [-0.4, -0.2) is 24.2 Å². The van der Waals surface area contributed by atoms with Gasteiger partial charge >= 0.3 is 0 Å². The molecule has 0 aliphatic rings. The second kappa shape index (κ2) is 9.10. The van der Waals surface area contributed by atoms with Crippen molar-refractivity contribution < 1.29 is 13.9 Å². The van der Waals surface area contributed by atoms with Gasteiger partial charge in [0.15, 0.2) is 0 Å². The molecule has 5 aromatic rings. The largest absolute Gasteiger partial charge is 0.497 e. The minimum atomic E-state index is -0.288. The van der Waals surface area contributed by atoms with Crippen molar-refractivity contribution in [2.24, 2.45) is 5.10 Å². The minimum absolute atomic E-state index is 0.288. The van der Waals surface area contributed by atoms with Crippen LogP contribution >= 0.6 is 11.3 Å². The number of ether oxygens (including phenoxy) is 1. The molecule has 5 rings (SSSR count). The third-order valence-corrected chi connectivity index (χ3v) is 6.03. The third-order valence-electron chi connectivity index (χ3n) is 5.04. The molecule has 6 nitrogen and oxygen atoms in total. The molecule has 0 aliphatic carbocycles. The number of hydrogen-bond donors (Lipinski definition) is 0. The molecule has 1 amide bonds. The van der Waals surface area contributed by atoms with Gasteiger partial charge in [0.05, 0.1) is 29.8 Å². The molecule has 0 atom stereocenters. The van der Waals surface area contributed by atoms with Crippen LogP contribution in [-0.2, 0) is 0 Å². The van der Waals surface area contributed by atoms with Crippen LogP contribution in [0.15, 0.2) is 101 Å². The molecule has 0 bridgehead atoms. The number of benzene rings is 3. The van der Waals surface area contributed by atoms with Gasteiger partial charge in [-0.2, -0.15) is 10.1 Å². The molecule has 7 heteroatoms. The molecular weight excluding hydrogens is 434 g/mol. The van der Waals surface area contributed by atoms with Crippen molar-refractivity contribution in [3.05, 3.63) is 103 Å². The number of thiazole rings is 1. The highest BCUT2D eigenvalue weighted by atomic mass is 32.1. The molecule has 0 unspecified atom stereocenters.